The van der Waals surface area contributed by atoms with Crippen LogP contribution < -0.4 is 16.0 Å². The highest BCUT2D eigenvalue weighted by Gasteiger charge is 2.14. The fraction of sp³-hybridized carbons (Fsp3) is 0.250. The van der Waals surface area contributed by atoms with Crippen LogP contribution in [-0.4, -0.2) is 30.5 Å². The molecule has 0 fully saturated rings. The number of benzene rings is 1. The van der Waals surface area contributed by atoms with Gasteiger partial charge < -0.3 is 16.0 Å². The van der Waals surface area contributed by atoms with Crippen LogP contribution in [0.25, 0.3) is 9.53 Å². The zero-order chi connectivity index (χ0) is 16.2. The second kappa shape index (κ2) is 7.08. The van der Waals surface area contributed by atoms with Gasteiger partial charge in [0, 0.05) is 18.3 Å². The number of amides is 1. The Balaban J connectivity index is 1.69. The van der Waals surface area contributed by atoms with Gasteiger partial charge in [0.25, 0.3) is 5.91 Å². The van der Waals surface area contributed by atoms with Gasteiger partial charge in [0.2, 0.25) is 0 Å². The summed E-state index contributed by atoms with van der Waals surface area (Å²) in [6, 6.07) is 12.1. The first kappa shape index (κ1) is 15.9. The van der Waals surface area contributed by atoms with E-state index >= 15 is 0 Å². The van der Waals surface area contributed by atoms with Gasteiger partial charge >= 0.3 is 0 Å². The molecule has 0 aliphatic rings. The maximum atomic E-state index is 12.1. The van der Waals surface area contributed by atoms with Crippen molar-refractivity contribution in [2.24, 2.45) is 0 Å². The molecule has 1 aromatic carbocycles. The lowest BCUT2D eigenvalue weighted by Gasteiger charge is -2.10. The van der Waals surface area contributed by atoms with E-state index in [0.29, 0.717) is 11.4 Å². The number of carbonyl (C=O) groups excluding carboxylic acids is 1. The summed E-state index contributed by atoms with van der Waals surface area (Å²) in [5, 5.41) is 10.1. The van der Waals surface area contributed by atoms with Crippen LogP contribution in [0.2, 0.25) is 0 Å². The largest absolute Gasteiger partial charge is 0.350 e. The zero-order valence-electron chi connectivity index (χ0n) is 12.9. The Bertz CT molecular complexity index is 765. The number of hydrogen-bond donors (Lipinski definition) is 3. The van der Waals surface area contributed by atoms with Gasteiger partial charge in [0.1, 0.15) is 4.83 Å². The number of aromatic nitrogens is 1. The molecule has 0 radical (unpaired) electrons. The summed E-state index contributed by atoms with van der Waals surface area (Å²) in [6.45, 7) is 2.63. The van der Waals surface area contributed by atoms with E-state index in [9.17, 15) is 4.79 Å². The Morgan fingerprint density at radius 3 is 2.74 bits per heavy atom. The number of likely N-dealkylation sites (N-methyl/N-ethyl adjacent to an activating group) is 1. The van der Waals surface area contributed by atoms with Crippen LogP contribution in [0, 0.1) is 0 Å². The summed E-state index contributed by atoms with van der Waals surface area (Å²) in [4.78, 5) is 18.3. The second-order valence-corrected chi connectivity index (χ2v) is 7.25. The third-order valence-corrected chi connectivity index (χ3v) is 5.47. The van der Waals surface area contributed by atoms with Crippen molar-refractivity contribution in [1.29, 1.82) is 0 Å². The standard InChI is InChI=1S/C16H18N4OS2/c1-10(17-2)9-18-14(21)12-8-13-15(22-12)20-16(23-13)19-11-6-4-3-5-7-11/h3-8,10,17H,9H2,1-2H3,(H,18,21)(H,19,20). The van der Waals surface area contributed by atoms with Crippen molar-refractivity contribution >= 4 is 48.9 Å². The van der Waals surface area contributed by atoms with Crippen molar-refractivity contribution in [3.8, 4) is 0 Å². The molecule has 1 unspecified atom stereocenters. The first-order valence-corrected chi connectivity index (χ1v) is 8.97. The molecule has 2 aromatic heterocycles. The molecular weight excluding hydrogens is 328 g/mol. The number of para-hydroxylation sites is 1. The van der Waals surface area contributed by atoms with E-state index in [4.69, 9.17) is 0 Å². The first-order valence-electron chi connectivity index (χ1n) is 7.33. The summed E-state index contributed by atoms with van der Waals surface area (Å²) >= 11 is 2.98. The monoisotopic (exact) mass is 346 g/mol. The Labute approximate surface area is 142 Å². The van der Waals surface area contributed by atoms with Crippen molar-refractivity contribution in [3.05, 3.63) is 41.3 Å². The molecule has 7 heteroatoms. The van der Waals surface area contributed by atoms with E-state index in [0.717, 1.165) is 20.3 Å². The highest BCUT2D eigenvalue weighted by Crippen LogP contribution is 2.34. The zero-order valence-corrected chi connectivity index (χ0v) is 14.6. The number of thiazole rings is 1. The molecule has 0 bridgehead atoms. The highest BCUT2D eigenvalue weighted by atomic mass is 32.1. The summed E-state index contributed by atoms with van der Waals surface area (Å²) in [7, 11) is 1.88. The van der Waals surface area contributed by atoms with Gasteiger partial charge in [-0.05, 0) is 32.2 Å². The highest BCUT2D eigenvalue weighted by molar-refractivity contribution is 7.29. The van der Waals surface area contributed by atoms with E-state index < -0.39 is 0 Å². The lowest BCUT2D eigenvalue weighted by molar-refractivity contribution is 0.0954. The Hall–Kier alpha value is -1.96. The van der Waals surface area contributed by atoms with Crippen molar-refractivity contribution < 1.29 is 4.79 Å². The predicted octanol–water partition coefficient (Wildman–Crippen LogP) is 3.44. The van der Waals surface area contributed by atoms with Crippen molar-refractivity contribution in [2.75, 3.05) is 18.9 Å². The molecule has 0 saturated carbocycles. The lowest BCUT2D eigenvalue weighted by Crippen LogP contribution is -2.36. The molecule has 0 aliphatic carbocycles. The Kier molecular flexibility index (Phi) is 4.90. The van der Waals surface area contributed by atoms with Crippen LogP contribution in [0.5, 0.6) is 0 Å². The van der Waals surface area contributed by atoms with Crippen LogP contribution in [0.4, 0.5) is 10.8 Å². The fourth-order valence-corrected chi connectivity index (χ4v) is 4.03. The van der Waals surface area contributed by atoms with Crippen molar-refractivity contribution in [2.45, 2.75) is 13.0 Å². The molecule has 0 spiro atoms. The number of rotatable bonds is 6. The first-order chi connectivity index (χ1) is 11.2. The van der Waals surface area contributed by atoms with Gasteiger partial charge in [0.05, 0.1) is 9.58 Å². The third-order valence-electron chi connectivity index (χ3n) is 3.40. The SMILES string of the molecule is CNC(C)CNC(=O)c1cc2sc(Nc3ccccc3)nc2s1. The number of carbonyl (C=O) groups is 1. The predicted molar refractivity (Wildman–Crippen MR) is 98.1 cm³/mol. The number of fused-ring (bicyclic) bond motifs is 1. The smallest absolute Gasteiger partial charge is 0.261 e. The van der Waals surface area contributed by atoms with Crippen LogP contribution in [-0.2, 0) is 0 Å². The lowest BCUT2D eigenvalue weighted by atomic mass is 10.3. The van der Waals surface area contributed by atoms with Gasteiger partial charge in [-0.15, -0.1) is 11.3 Å². The van der Waals surface area contributed by atoms with E-state index in [2.05, 4.69) is 20.9 Å². The second-order valence-electron chi connectivity index (χ2n) is 5.19. The van der Waals surface area contributed by atoms with E-state index in [1.165, 1.54) is 11.3 Å². The Morgan fingerprint density at radius 1 is 1.26 bits per heavy atom. The molecular formula is C16H18N4OS2. The molecule has 1 atom stereocenters. The minimum absolute atomic E-state index is 0.0418. The van der Waals surface area contributed by atoms with E-state index in [-0.39, 0.29) is 11.9 Å². The van der Waals surface area contributed by atoms with Gasteiger partial charge in [-0.2, -0.15) is 0 Å². The number of thiophene rings is 1. The molecule has 120 valence electrons. The van der Waals surface area contributed by atoms with Crippen LogP contribution >= 0.6 is 22.7 Å². The molecule has 23 heavy (non-hydrogen) atoms. The number of anilines is 2. The van der Waals surface area contributed by atoms with Crippen LogP contribution in [0.3, 0.4) is 0 Å². The number of nitrogens with zero attached hydrogens (tertiary/aromatic N) is 1. The molecule has 0 saturated heterocycles. The molecule has 3 aromatic rings. The van der Waals surface area contributed by atoms with Crippen molar-refractivity contribution in [1.82, 2.24) is 15.6 Å². The Morgan fingerprint density at radius 2 is 2.04 bits per heavy atom. The molecule has 1 amide bonds. The number of nitrogens with one attached hydrogen (secondary N) is 3. The molecule has 2 heterocycles. The number of hydrogen-bond acceptors (Lipinski definition) is 6. The molecule has 3 rings (SSSR count). The summed E-state index contributed by atoms with van der Waals surface area (Å²) in [6.07, 6.45) is 0. The molecule has 5 nitrogen and oxygen atoms in total. The summed E-state index contributed by atoms with van der Waals surface area (Å²) in [5.41, 5.74) is 1.01. The van der Waals surface area contributed by atoms with Gasteiger partial charge in [-0.1, -0.05) is 29.5 Å². The maximum Gasteiger partial charge on any atom is 0.261 e. The average Bonchev–Trinajstić information content (AvgIpc) is 3.11. The maximum absolute atomic E-state index is 12.1. The quantitative estimate of drug-likeness (QED) is 0.640. The summed E-state index contributed by atoms with van der Waals surface area (Å²) < 4.78 is 1.03. The van der Waals surface area contributed by atoms with Crippen LogP contribution in [0.15, 0.2) is 36.4 Å². The van der Waals surface area contributed by atoms with E-state index in [1.54, 1.807) is 11.3 Å². The van der Waals surface area contributed by atoms with Gasteiger partial charge in [-0.25, -0.2) is 4.98 Å². The minimum atomic E-state index is -0.0418. The normalized spacial score (nSPS) is 12.3. The fourth-order valence-electron chi connectivity index (χ4n) is 1.98. The molecule has 0 aliphatic heterocycles. The topological polar surface area (TPSA) is 66.0 Å². The van der Waals surface area contributed by atoms with Gasteiger partial charge in [0.15, 0.2) is 5.13 Å². The third kappa shape index (κ3) is 3.87. The van der Waals surface area contributed by atoms with Gasteiger partial charge in [-0.3, -0.25) is 4.79 Å². The van der Waals surface area contributed by atoms with Crippen molar-refractivity contribution in [3.63, 3.8) is 0 Å². The average molecular weight is 346 g/mol. The summed E-state index contributed by atoms with van der Waals surface area (Å²) in [5.74, 6) is -0.0418. The molecule has 3 N–H and O–H groups in total. The minimum Gasteiger partial charge on any atom is -0.350 e. The van der Waals surface area contributed by atoms with Crippen LogP contribution in [0.1, 0.15) is 16.6 Å². The van der Waals surface area contributed by atoms with E-state index in [1.807, 2.05) is 50.4 Å².